The lowest BCUT2D eigenvalue weighted by atomic mass is 9.97. The SMILES string of the molecule is COCCOc1ccc(-c2c(C#N)c(N)nc(SCC3CCOC3)c2C#N)cc1. The van der Waals surface area contributed by atoms with Gasteiger partial charge in [-0.25, -0.2) is 4.98 Å². The molecule has 1 aliphatic rings. The zero-order chi connectivity index (χ0) is 20.6. The molecule has 2 N–H and O–H groups in total. The van der Waals surface area contributed by atoms with Crippen LogP contribution in [0.2, 0.25) is 0 Å². The number of pyridine rings is 1. The van der Waals surface area contributed by atoms with Crippen molar-refractivity contribution in [3.63, 3.8) is 0 Å². The fourth-order valence-electron chi connectivity index (χ4n) is 3.06. The van der Waals surface area contributed by atoms with Crippen molar-refractivity contribution in [3.8, 4) is 29.0 Å². The van der Waals surface area contributed by atoms with E-state index in [1.165, 1.54) is 11.8 Å². The topological polar surface area (TPSA) is 114 Å². The Morgan fingerprint density at radius 2 is 1.97 bits per heavy atom. The van der Waals surface area contributed by atoms with Crippen molar-refractivity contribution in [1.29, 1.82) is 10.5 Å². The summed E-state index contributed by atoms with van der Waals surface area (Å²) in [6, 6.07) is 11.6. The number of aromatic nitrogens is 1. The number of hydrogen-bond donors (Lipinski definition) is 1. The molecule has 1 aliphatic heterocycles. The Hall–Kier alpha value is -2.78. The first-order valence-corrected chi connectivity index (χ1v) is 10.2. The molecule has 0 saturated carbocycles. The van der Waals surface area contributed by atoms with Crippen molar-refractivity contribution < 1.29 is 14.2 Å². The van der Waals surface area contributed by atoms with Crippen LogP contribution in [0.5, 0.6) is 5.75 Å². The third kappa shape index (κ3) is 4.99. The highest BCUT2D eigenvalue weighted by Gasteiger charge is 2.22. The highest BCUT2D eigenvalue weighted by Crippen LogP contribution is 2.37. The summed E-state index contributed by atoms with van der Waals surface area (Å²) in [6.45, 7) is 2.42. The lowest BCUT2D eigenvalue weighted by Crippen LogP contribution is -2.06. The van der Waals surface area contributed by atoms with Gasteiger partial charge in [0, 0.05) is 25.0 Å². The number of nitrogen functional groups attached to an aromatic ring is 1. The van der Waals surface area contributed by atoms with Crippen molar-refractivity contribution in [2.45, 2.75) is 11.4 Å². The standard InChI is InChI=1S/C21H22N4O3S/c1-26-8-9-28-16-4-2-15(3-5-16)19-17(10-22)20(24)25-21(18(19)11-23)29-13-14-6-7-27-12-14/h2-5,14H,6-9,12-13H2,1H3,(H2,24,25). The fourth-order valence-corrected chi connectivity index (χ4v) is 4.17. The van der Waals surface area contributed by atoms with E-state index in [9.17, 15) is 10.5 Å². The Morgan fingerprint density at radius 3 is 2.59 bits per heavy atom. The van der Waals surface area contributed by atoms with Crippen LogP contribution in [0.25, 0.3) is 11.1 Å². The maximum Gasteiger partial charge on any atom is 0.143 e. The Bertz CT molecular complexity index is 929. The number of rotatable bonds is 8. The monoisotopic (exact) mass is 410 g/mol. The van der Waals surface area contributed by atoms with E-state index < -0.39 is 0 Å². The highest BCUT2D eigenvalue weighted by atomic mass is 32.2. The van der Waals surface area contributed by atoms with Gasteiger partial charge in [-0.05, 0) is 30.0 Å². The van der Waals surface area contributed by atoms with E-state index in [1.54, 1.807) is 19.2 Å². The van der Waals surface area contributed by atoms with Gasteiger partial charge in [-0.2, -0.15) is 10.5 Å². The summed E-state index contributed by atoms with van der Waals surface area (Å²) in [5.74, 6) is 2.03. The summed E-state index contributed by atoms with van der Waals surface area (Å²) < 4.78 is 16.0. The quantitative estimate of drug-likeness (QED) is 0.521. The molecular weight excluding hydrogens is 388 g/mol. The minimum absolute atomic E-state index is 0.132. The molecule has 0 radical (unpaired) electrons. The molecule has 2 heterocycles. The van der Waals surface area contributed by atoms with Crippen molar-refractivity contribution >= 4 is 17.6 Å². The van der Waals surface area contributed by atoms with Gasteiger partial charge < -0.3 is 19.9 Å². The van der Waals surface area contributed by atoms with Crippen LogP contribution >= 0.6 is 11.8 Å². The molecule has 0 aliphatic carbocycles. The molecule has 3 rings (SSSR count). The van der Waals surface area contributed by atoms with Crippen LogP contribution in [0.1, 0.15) is 17.5 Å². The van der Waals surface area contributed by atoms with Crippen LogP contribution < -0.4 is 10.5 Å². The minimum Gasteiger partial charge on any atom is -0.491 e. The van der Waals surface area contributed by atoms with Gasteiger partial charge in [-0.1, -0.05) is 12.1 Å². The molecule has 1 unspecified atom stereocenters. The van der Waals surface area contributed by atoms with E-state index >= 15 is 0 Å². The maximum absolute atomic E-state index is 9.84. The molecular formula is C21H22N4O3S. The predicted octanol–water partition coefficient (Wildman–Crippen LogP) is 3.23. The van der Waals surface area contributed by atoms with Gasteiger partial charge in [-0.3, -0.25) is 0 Å². The van der Waals surface area contributed by atoms with Gasteiger partial charge in [0.15, 0.2) is 0 Å². The molecule has 1 aromatic carbocycles. The summed E-state index contributed by atoms with van der Waals surface area (Å²) >= 11 is 1.49. The maximum atomic E-state index is 9.84. The Balaban J connectivity index is 1.93. The number of methoxy groups -OCH3 is 1. The zero-order valence-corrected chi connectivity index (χ0v) is 17.0. The van der Waals surface area contributed by atoms with E-state index in [2.05, 4.69) is 17.1 Å². The smallest absolute Gasteiger partial charge is 0.143 e. The molecule has 0 amide bonds. The molecule has 29 heavy (non-hydrogen) atoms. The number of ether oxygens (including phenoxy) is 3. The molecule has 0 spiro atoms. The van der Waals surface area contributed by atoms with E-state index in [4.69, 9.17) is 19.9 Å². The van der Waals surface area contributed by atoms with Gasteiger partial charge in [0.2, 0.25) is 0 Å². The van der Waals surface area contributed by atoms with Gasteiger partial charge >= 0.3 is 0 Å². The third-order valence-electron chi connectivity index (χ3n) is 4.59. The molecule has 8 heteroatoms. The molecule has 150 valence electrons. The van der Waals surface area contributed by atoms with E-state index in [-0.39, 0.29) is 11.4 Å². The predicted molar refractivity (Wildman–Crippen MR) is 111 cm³/mol. The molecule has 1 saturated heterocycles. The molecule has 2 aromatic rings. The third-order valence-corrected chi connectivity index (χ3v) is 5.80. The number of hydrogen-bond acceptors (Lipinski definition) is 8. The molecule has 1 aromatic heterocycles. The molecule has 1 fully saturated rings. The van der Waals surface area contributed by atoms with E-state index in [0.29, 0.717) is 41.0 Å². The van der Waals surface area contributed by atoms with Gasteiger partial charge in [0.1, 0.15) is 40.9 Å². The second-order valence-corrected chi connectivity index (χ2v) is 7.57. The first-order valence-electron chi connectivity index (χ1n) is 9.24. The zero-order valence-electron chi connectivity index (χ0n) is 16.2. The minimum atomic E-state index is 0.132. The van der Waals surface area contributed by atoms with Crippen LogP contribution in [-0.4, -0.2) is 44.3 Å². The second kappa shape index (κ2) is 10.1. The average molecular weight is 410 g/mol. The average Bonchev–Trinajstić information content (AvgIpc) is 3.26. The highest BCUT2D eigenvalue weighted by molar-refractivity contribution is 7.99. The number of benzene rings is 1. The molecule has 1 atom stereocenters. The normalized spacial score (nSPS) is 15.6. The summed E-state index contributed by atoms with van der Waals surface area (Å²) in [5, 5.41) is 20.0. The van der Waals surface area contributed by atoms with Gasteiger partial charge in [-0.15, -0.1) is 11.8 Å². The first kappa shape index (κ1) is 20.9. The van der Waals surface area contributed by atoms with Gasteiger partial charge in [0.25, 0.3) is 0 Å². The first-order chi connectivity index (χ1) is 14.2. The number of thioether (sulfide) groups is 1. The van der Waals surface area contributed by atoms with Crippen molar-refractivity contribution in [2.24, 2.45) is 5.92 Å². The van der Waals surface area contributed by atoms with Crippen molar-refractivity contribution in [1.82, 2.24) is 4.98 Å². The number of nitrogens with zero attached hydrogens (tertiary/aromatic N) is 3. The van der Waals surface area contributed by atoms with Crippen molar-refractivity contribution in [2.75, 3.05) is 45.0 Å². The van der Waals surface area contributed by atoms with Crippen LogP contribution in [0.3, 0.4) is 0 Å². The second-order valence-electron chi connectivity index (χ2n) is 6.56. The lowest BCUT2D eigenvalue weighted by molar-refractivity contribution is 0.146. The van der Waals surface area contributed by atoms with Crippen LogP contribution in [0.15, 0.2) is 29.3 Å². The summed E-state index contributed by atoms with van der Waals surface area (Å²) in [7, 11) is 1.61. The molecule has 7 nitrogen and oxygen atoms in total. The Morgan fingerprint density at radius 1 is 1.21 bits per heavy atom. The Kier molecular flexibility index (Phi) is 7.31. The molecule has 0 bridgehead atoms. The van der Waals surface area contributed by atoms with E-state index in [1.807, 2.05) is 12.1 Å². The Labute approximate surface area is 174 Å². The summed E-state index contributed by atoms with van der Waals surface area (Å²) in [4.78, 5) is 4.35. The van der Waals surface area contributed by atoms with Crippen LogP contribution in [0, 0.1) is 28.6 Å². The largest absolute Gasteiger partial charge is 0.491 e. The number of anilines is 1. The van der Waals surface area contributed by atoms with Crippen LogP contribution in [-0.2, 0) is 9.47 Å². The summed E-state index contributed by atoms with van der Waals surface area (Å²) in [6.07, 6.45) is 0.998. The van der Waals surface area contributed by atoms with E-state index in [0.717, 1.165) is 31.0 Å². The number of nitrogens with two attached hydrogens (primary N) is 1. The lowest BCUT2D eigenvalue weighted by Gasteiger charge is -2.14. The fraction of sp³-hybridized carbons (Fsp3) is 0.381. The summed E-state index contributed by atoms with van der Waals surface area (Å²) in [5.41, 5.74) is 7.88. The van der Waals surface area contributed by atoms with Crippen molar-refractivity contribution in [3.05, 3.63) is 35.4 Å². The number of nitriles is 2. The van der Waals surface area contributed by atoms with Gasteiger partial charge in [0.05, 0.1) is 18.8 Å². The van der Waals surface area contributed by atoms with Crippen LogP contribution in [0.4, 0.5) is 5.82 Å².